The molecule has 0 fully saturated rings. The first-order valence-corrected chi connectivity index (χ1v) is 7.87. The van der Waals surface area contributed by atoms with E-state index in [1.54, 1.807) is 10.7 Å². The number of carbonyl (C=O) groups excluding carboxylic acids is 1. The van der Waals surface area contributed by atoms with Crippen molar-refractivity contribution in [1.82, 2.24) is 20.0 Å². The van der Waals surface area contributed by atoms with E-state index in [0.29, 0.717) is 5.82 Å². The number of hydrogen-bond acceptors (Lipinski definition) is 5. The predicted octanol–water partition coefficient (Wildman–Crippen LogP) is 1.36. The van der Waals surface area contributed by atoms with Crippen molar-refractivity contribution in [2.24, 2.45) is 0 Å². The second-order valence-corrected chi connectivity index (χ2v) is 6.11. The van der Waals surface area contributed by atoms with Gasteiger partial charge < -0.3 is 15.3 Å². The van der Waals surface area contributed by atoms with Crippen LogP contribution in [0, 0.1) is 0 Å². The number of amides is 2. The molecule has 2 aromatic heterocycles. The Morgan fingerprint density at radius 3 is 3.00 bits per heavy atom. The van der Waals surface area contributed by atoms with Crippen LogP contribution in [0.3, 0.4) is 0 Å². The lowest BCUT2D eigenvalue weighted by molar-refractivity contribution is 0.178. The van der Waals surface area contributed by atoms with Crippen LogP contribution in [0.4, 0.5) is 10.6 Å². The zero-order valence-electron chi connectivity index (χ0n) is 12.7. The van der Waals surface area contributed by atoms with Crippen LogP contribution >= 0.6 is 11.3 Å². The van der Waals surface area contributed by atoms with Gasteiger partial charge in [-0.05, 0) is 25.5 Å². The summed E-state index contributed by atoms with van der Waals surface area (Å²) in [5.74, 6) is 0.488. The molecule has 0 radical (unpaired) electrons. The van der Waals surface area contributed by atoms with Crippen LogP contribution in [0.2, 0.25) is 0 Å². The third kappa shape index (κ3) is 5.14. The van der Waals surface area contributed by atoms with Gasteiger partial charge in [-0.25, -0.2) is 4.79 Å². The maximum absolute atomic E-state index is 11.8. The van der Waals surface area contributed by atoms with Crippen molar-refractivity contribution in [3.63, 3.8) is 0 Å². The third-order valence-corrected chi connectivity index (χ3v) is 3.96. The van der Waals surface area contributed by atoms with E-state index in [1.165, 1.54) is 11.3 Å². The number of carbonyl (C=O) groups is 1. The molecule has 0 aliphatic heterocycles. The van der Waals surface area contributed by atoms with E-state index >= 15 is 0 Å². The number of urea groups is 1. The average molecular weight is 323 g/mol. The molecule has 2 amide bonds. The topological polar surface area (TPSA) is 82.4 Å². The lowest BCUT2D eigenvalue weighted by Crippen LogP contribution is -2.32. The van der Waals surface area contributed by atoms with Crippen molar-refractivity contribution in [3.8, 4) is 0 Å². The number of nitrogens with one attached hydrogen (secondary N) is 2. The smallest absolute Gasteiger partial charge is 0.320 e. The van der Waals surface area contributed by atoms with Gasteiger partial charge in [-0.1, -0.05) is 6.07 Å². The predicted molar refractivity (Wildman–Crippen MR) is 87.1 cm³/mol. The van der Waals surface area contributed by atoms with Crippen molar-refractivity contribution < 1.29 is 9.90 Å². The van der Waals surface area contributed by atoms with Crippen LogP contribution in [-0.2, 0) is 6.54 Å². The third-order valence-electron chi connectivity index (χ3n) is 2.99. The largest absolute Gasteiger partial charge is 0.386 e. The molecule has 0 aromatic carbocycles. The second kappa shape index (κ2) is 7.92. The zero-order valence-corrected chi connectivity index (χ0v) is 13.5. The van der Waals surface area contributed by atoms with Crippen LogP contribution in [0.25, 0.3) is 0 Å². The fraction of sp³-hybridized carbons (Fsp3) is 0.429. The molecule has 0 aliphatic carbocycles. The van der Waals surface area contributed by atoms with Gasteiger partial charge in [0.25, 0.3) is 0 Å². The molecular formula is C14H21N5O2S. The van der Waals surface area contributed by atoms with E-state index < -0.39 is 6.10 Å². The highest BCUT2D eigenvalue weighted by Gasteiger charge is 2.11. The molecule has 1 unspecified atom stereocenters. The van der Waals surface area contributed by atoms with Crippen molar-refractivity contribution in [2.75, 3.05) is 32.5 Å². The number of anilines is 1. The number of likely N-dealkylation sites (N-methyl/N-ethyl adjacent to an activating group) is 1. The summed E-state index contributed by atoms with van der Waals surface area (Å²) in [5.41, 5.74) is 0. The van der Waals surface area contributed by atoms with Gasteiger partial charge in [0.1, 0.15) is 6.10 Å². The molecule has 0 aliphatic rings. The molecule has 7 nitrogen and oxygen atoms in total. The maximum atomic E-state index is 11.8. The molecule has 0 saturated heterocycles. The number of rotatable bonds is 7. The van der Waals surface area contributed by atoms with Gasteiger partial charge in [0, 0.05) is 23.7 Å². The van der Waals surface area contributed by atoms with E-state index in [1.807, 2.05) is 37.8 Å². The normalized spacial score (nSPS) is 12.4. The van der Waals surface area contributed by atoms with Crippen molar-refractivity contribution >= 4 is 23.2 Å². The number of aliphatic hydroxyl groups is 1. The highest BCUT2D eigenvalue weighted by molar-refractivity contribution is 7.10. The maximum Gasteiger partial charge on any atom is 0.320 e. The Morgan fingerprint density at radius 2 is 2.32 bits per heavy atom. The van der Waals surface area contributed by atoms with Crippen LogP contribution in [-0.4, -0.2) is 53.0 Å². The second-order valence-electron chi connectivity index (χ2n) is 5.13. The highest BCUT2D eigenvalue weighted by Crippen LogP contribution is 2.17. The molecule has 22 heavy (non-hydrogen) atoms. The van der Waals surface area contributed by atoms with E-state index in [0.717, 1.165) is 18.0 Å². The standard InChI is InChI=1S/C14H21N5O2S/c1-18(2)7-8-19-6-5-13(17-19)16-14(21)15-10-11(20)12-4-3-9-22-12/h3-6,9,11,20H,7-8,10H2,1-2H3,(H2,15,16,17,21). The quantitative estimate of drug-likeness (QED) is 0.718. The first-order valence-electron chi connectivity index (χ1n) is 6.99. The fourth-order valence-electron chi connectivity index (χ4n) is 1.79. The summed E-state index contributed by atoms with van der Waals surface area (Å²) in [6.07, 6.45) is 1.13. The summed E-state index contributed by atoms with van der Waals surface area (Å²) in [6.45, 7) is 1.79. The number of nitrogens with zero attached hydrogens (tertiary/aromatic N) is 3. The summed E-state index contributed by atoms with van der Waals surface area (Å²) in [5, 5.41) is 21.3. The van der Waals surface area contributed by atoms with Gasteiger partial charge in [-0.15, -0.1) is 11.3 Å². The SMILES string of the molecule is CN(C)CCn1ccc(NC(=O)NCC(O)c2cccs2)n1. The van der Waals surface area contributed by atoms with Crippen LogP contribution in [0.1, 0.15) is 11.0 Å². The summed E-state index contributed by atoms with van der Waals surface area (Å²) in [6, 6.07) is 5.06. The molecule has 120 valence electrons. The van der Waals surface area contributed by atoms with Crippen LogP contribution in [0.5, 0.6) is 0 Å². The van der Waals surface area contributed by atoms with Crippen LogP contribution in [0.15, 0.2) is 29.8 Å². The molecule has 2 heterocycles. The van der Waals surface area contributed by atoms with Crippen molar-refractivity contribution in [1.29, 1.82) is 0 Å². The van der Waals surface area contributed by atoms with Gasteiger partial charge in [-0.3, -0.25) is 10.00 Å². The molecule has 3 N–H and O–H groups in total. The lowest BCUT2D eigenvalue weighted by Gasteiger charge is -2.10. The minimum Gasteiger partial charge on any atom is -0.386 e. The van der Waals surface area contributed by atoms with E-state index in [4.69, 9.17) is 0 Å². The average Bonchev–Trinajstić information content (AvgIpc) is 3.14. The first-order chi connectivity index (χ1) is 10.5. The molecule has 1 atom stereocenters. The van der Waals surface area contributed by atoms with Gasteiger partial charge in [0.2, 0.25) is 0 Å². The summed E-state index contributed by atoms with van der Waals surface area (Å²) in [4.78, 5) is 14.7. The van der Waals surface area contributed by atoms with Gasteiger partial charge in [0.05, 0.1) is 13.1 Å². The Hall–Kier alpha value is -1.90. The highest BCUT2D eigenvalue weighted by atomic mass is 32.1. The molecule has 2 aromatic rings. The van der Waals surface area contributed by atoms with E-state index in [-0.39, 0.29) is 12.6 Å². The van der Waals surface area contributed by atoms with Crippen molar-refractivity contribution in [2.45, 2.75) is 12.6 Å². The number of thiophene rings is 1. The Kier molecular flexibility index (Phi) is 5.93. The Labute approximate surface area is 133 Å². The van der Waals surface area contributed by atoms with Crippen LogP contribution < -0.4 is 10.6 Å². The summed E-state index contributed by atoms with van der Waals surface area (Å²) >= 11 is 1.46. The van der Waals surface area contributed by atoms with E-state index in [2.05, 4.69) is 20.6 Å². The monoisotopic (exact) mass is 323 g/mol. The molecule has 8 heteroatoms. The summed E-state index contributed by atoms with van der Waals surface area (Å²) < 4.78 is 1.77. The lowest BCUT2D eigenvalue weighted by atomic mass is 10.3. The molecule has 2 rings (SSSR count). The zero-order chi connectivity index (χ0) is 15.9. The Balaban J connectivity index is 1.75. The number of hydrogen-bond donors (Lipinski definition) is 3. The number of aliphatic hydroxyl groups excluding tert-OH is 1. The van der Waals surface area contributed by atoms with Gasteiger partial charge in [-0.2, -0.15) is 5.10 Å². The Morgan fingerprint density at radius 1 is 1.50 bits per heavy atom. The molecule has 0 spiro atoms. The van der Waals surface area contributed by atoms with Crippen molar-refractivity contribution in [3.05, 3.63) is 34.7 Å². The first kappa shape index (κ1) is 16.5. The number of aromatic nitrogens is 2. The Bertz CT molecular complexity index is 582. The minimum atomic E-state index is -0.691. The van der Waals surface area contributed by atoms with Gasteiger partial charge >= 0.3 is 6.03 Å². The molecule has 0 bridgehead atoms. The fourth-order valence-corrected chi connectivity index (χ4v) is 2.50. The summed E-state index contributed by atoms with van der Waals surface area (Å²) in [7, 11) is 3.99. The van der Waals surface area contributed by atoms with Gasteiger partial charge in [0.15, 0.2) is 5.82 Å². The minimum absolute atomic E-state index is 0.160. The molecular weight excluding hydrogens is 302 g/mol. The molecule has 0 saturated carbocycles. The van der Waals surface area contributed by atoms with E-state index in [9.17, 15) is 9.90 Å².